The molecule has 1 aromatic rings. The Morgan fingerprint density at radius 2 is 2.21 bits per heavy atom. The van der Waals surface area contributed by atoms with Crippen molar-refractivity contribution in [1.29, 1.82) is 0 Å². The zero-order valence-corrected chi connectivity index (χ0v) is 9.57. The van der Waals surface area contributed by atoms with Gasteiger partial charge in [0.1, 0.15) is 0 Å². The van der Waals surface area contributed by atoms with Crippen LogP contribution in [0.25, 0.3) is 0 Å². The first-order chi connectivity index (χ1) is 6.75. The molecule has 1 N–H and O–H groups in total. The quantitative estimate of drug-likeness (QED) is 0.758. The second-order valence-electron chi connectivity index (χ2n) is 4.37. The van der Waals surface area contributed by atoms with Gasteiger partial charge in [-0.15, -0.1) is 0 Å². The van der Waals surface area contributed by atoms with E-state index >= 15 is 0 Å². The summed E-state index contributed by atoms with van der Waals surface area (Å²) in [5.74, 6) is 0.951. The van der Waals surface area contributed by atoms with Gasteiger partial charge in [0.15, 0.2) is 4.77 Å². The molecule has 0 spiro atoms. The molecule has 1 aliphatic carbocycles. The first kappa shape index (κ1) is 9.97. The molecule has 0 amide bonds. The van der Waals surface area contributed by atoms with Gasteiger partial charge in [-0.25, -0.2) is 0 Å². The van der Waals surface area contributed by atoms with Gasteiger partial charge in [0.05, 0.1) is 0 Å². The van der Waals surface area contributed by atoms with Crippen LogP contribution in [0.15, 0.2) is 6.20 Å². The summed E-state index contributed by atoms with van der Waals surface area (Å²) in [6.07, 6.45) is 9.14. The molecule has 14 heavy (non-hydrogen) atoms. The van der Waals surface area contributed by atoms with Crippen molar-refractivity contribution in [3.8, 4) is 0 Å². The Labute approximate surface area is 90.3 Å². The van der Waals surface area contributed by atoms with Gasteiger partial charge in [-0.3, -0.25) is 0 Å². The number of H-pyrrole nitrogens is 1. The van der Waals surface area contributed by atoms with E-state index < -0.39 is 0 Å². The standard InChI is InChI=1S/C11H18N2S/c1-9-8-13(11(14)12-9)7-6-10-4-2-3-5-10/h8,10H,2-7H2,1H3,(H,12,14). The smallest absolute Gasteiger partial charge is 0.177 e. The predicted molar refractivity (Wildman–Crippen MR) is 60.9 cm³/mol. The summed E-state index contributed by atoms with van der Waals surface area (Å²) in [7, 11) is 0. The Kier molecular flexibility index (Phi) is 3.06. The van der Waals surface area contributed by atoms with Crippen molar-refractivity contribution in [3.63, 3.8) is 0 Å². The molecule has 1 aliphatic rings. The predicted octanol–water partition coefficient (Wildman–Crippen LogP) is 3.43. The Bertz CT molecular complexity index is 344. The highest BCUT2D eigenvalue weighted by molar-refractivity contribution is 7.71. The molecule has 2 rings (SSSR count). The molecule has 0 aromatic carbocycles. The van der Waals surface area contributed by atoms with Crippen molar-refractivity contribution in [2.45, 2.75) is 45.6 Å². The van der Waals surface area contributed by atoms with Crippen molar-refractivity contribution < 1.29 is 0 Å². The van der Waals surface area contributed by atoms with Crippen LogP contribution in [0.2, 0.25) is 0 Å². The van der Waals surface area contributed by atoms with Gasteiger partial charge in [-0.1, -0.05) is 25.7 Å². The van der Waals surface area contributed by atoms with Crippen LogP contribution in [0.1, 0.15) is 37.8 Å². The molecule has 1 fully saturated rings. The van der Waals surface area contributed by atoms with Gasteiger partial charge in [-0.05, 0) is 31.5 Å². The molecule has 2 nitrogen and oxygen atoms in total. The minimum Gasteiger partial charge on any atom is -0.335 e. The molecule has 1 heterocycles. The maximum absolute atomic E-state index is 5.22. The molecule has 0 bridgehead atoms. The van der Waals surface area contributed by atoms with E-state index in [0.29, 0.717) is 0 Å². The number of aromatic amines is 1. The fraction of sp³-hybridized carbons (Fsp3) is 0.727. The Morgan fingerprint density at radius 3 is 2.79 bits per heavy atom. The number of aryl methyl sites for hydroxylation is 2. The maximum Gasteiger partial charge on any atom is 0.177 e. The minimum atomic E-state index is 0.875. The molecule has 0 aliphatic heterocycles. The van der Waals surface area contributed by atoms with Crippen LogP contribution in [0.3, 0.4) is 0 Å². The molecule has 78 valence electrons. The lowest BCUT2D eigenvalue weighted by Gasteiger charge is -2.08. The lowest BCUT2D eigenvalue weighted by molar-refractivity contribution is 0.456. The van der Waals surface area contributed by atoms with E-state index in [9.17, 15) is 0 Å². The fourth-order valence-electron chi connectivity index (χ4n) is 2.35. The van der Waals surface area contributed by atoms with Crippen molar-refractivity contribution in [2.24, 2.45) is 5.92 Å². The number of nitrogens with one attached hydrogen (secondary N) is 1. The summed E-state index contributed by atoms with van der Waals surface area (Å²) in [5, 5.41) is 0. The number of hydrogen-bond donors (Lipinski definition) is 1. The lowest BCUT2D eigenvalue weighted by Crippen LogP contribution is -2.02. The average Bonchev–Trinajstić information content (AvgIpc) is 2.72. The van der Waals surface area contributed by atoms with Gasteiger partial charge < -0.3 is 9.55 Å². The topological polar surface area (TPSA) is 20.7 Å². The second kappa shape index (κ2) is 4.30. The van der Waals surface area contributed by atoms with Crippen LogP contribution in [0.4, 0.5) is 0 Å². The summed E-state index contributed by atoms with van der Waals surface area (Å²) >= 11 is 5.22. The van der Waals surface area contributed by atoms with Gasteiger partial charge in [0, 0.05) is 18.4 Å². The van der Waals surface area contributed by atoms with Gasteiger partial charge in [-0.2, -0.15) is 0 Å². The van der Waals surface area contributed by atoms with Crippen LogP contribution in [0, 0.1) is 17.6 Å². The first-order valence-corrected chi connectivity index (χ1v) is 5.92. The molecule has 0 atom stereocenters. The summed E-state index contributed by atoms with van der Waals surface area (Å²) < 4.78 is 3.05. The van der Waals surface area contributed by atoms with Gasteiger partial charge in [0.2, 0.25) is 0 Å². The first-order valence-electron chi connectivity index (χ1n) is 5.52. The van der Waals surface area contributed by atoms with Crippen molar-refractivity contribution in [3.05, 3.63) is 16.7 Å². The van der Waals surface area contributed by atoms with E-state index in [1.165, 1.54) is 37.8 Å². The fourth-order valence-corrected chi connectivity index (χ4v) is 2.66. The van der Waals surface area contributed by atoms with Crippen LogP contribution in [-0.4, -0.2) is 9.55 Å². The van der Waals surface area contributed by atoms with Gasteiger partial charge in [0.25, 0.3) is 0 Å². The molecular weight excluding hydrogens is 192 g/mol. The Balaban J connectivity index is 1.91. The van der Waals surface area contributed by atoms with Crippen LogP contribution < -0.4 is 0 Å². The van der Waals surface area contributed by atoms with E-state index in [4.69, 9.17) is 12.2 Å². The molecule has 1 saturated carbocycles. The lowest BCUT2D eigenvalue weighted by atomic mass is 10.0. The van der Waals surface area contributed by atoms with Crippen LogP contribution >= 0.6 is 12.2 Å². The highest BCUT2D eigenvalue weighted by Crippen LogP contribution is 2.27. The third-order valence-corrected chi connectivity index (χ3v) is 3.50. The van der Waals surface area contributed by atoms with Gasteiger partial charge >= 0.3 is 0 Å². The van der Waals surface area contributed by atoms with Crippen molar-refractivity contribution >= 4 is 12.2 Å². The average molecular weight is 210 g/mol. The molecular formula is C11H18N2S. The molecule has 1 aromatic heterocycles. The summed E-state index contributed by atoms with van der Waals surface area (Å²) in [6, 6.07) is 0. The maximum atomic E-state index is 5.22. The van der Waals surface area contributed by atoms with E-state index in [1.54, 1.807) is 0 Å². The largest absolute Gasteiger partial charge is 0.335 e. The number of nitrogens with zero attached hydrogens (tertiary/aromatic N) is 1. The Hall–Kier alpha value is -0.570. The van der Waals surface area contributed by atoms with Crippen LogP contribution in [-0.2, 0) is 6.54 Å². The zero-order valence-electron chi connectivity index (χ0n) is 8.75. The van der Waals surface area contributed by atoms with E-state index in [2.05, 4.69) is 22.7 Å². The van der Waals surface area contributed by atoms with Crippen molar-refractivity contribution in [2.75, 3.05) is 0 Å². The van der Waals surface area contributed by atoms with Crippen LogP contribution in [0.5, 0.6) is 0 Å². The summed E-state index contributed by atoms with van der Waals surface area (Å²) in [6.45, 7) is 3.15. The number of aromatic nitrogens is 2. The highest BCUT2D eigenvalue weighted by atomic mass is 32.1. The molecule has 3 heteroatoms. The monoisotopic (exact) mass is 210 g/mol. The van der Waals surface area contributed by atoms with E-state index in [1.807, 2.05) is 0 Å². The summed E-state index contributed by atoms with van der Waals surface area (Å²) in [5.41, 5.74) is 1.17. The highest BCUT2D eigenvalue weighted by Gasteiger charge is 2.14. The molecule has 0 saturated heterocycles. The van der Waals surface area contributed by atoms with E-state index in [0.717, 1.165) is 17.2 Å². The SMILES string of the molecule is Cc1cn(CCC2CCCC2)c(=S)[nH]1. The number of rotatable bonds is 3. The zero-order chi connectivity index (χ0) is 9.97. The third-order valence-electron chi connectivity index (χ3n) is 3.17. The number of imidazole rings is 1. The third kappa shape index (κ3) is 2.27. The second-order valence-corrected chi connectivity index (χ2v) is 4.76. The minimum absolute atomic E-state index is 0.875. The van der Waals surface area contributed by atoms with E-state index in [-0.39, 0.29) is 0 Å². The van der Waals surface area contributed by atoms with Crippen molar-refractivity contribution in [1.82, 2.24) is 9.55 Å². The normalized spacial score (nSPS) is 17.8. The molecule has 0 radical (unpaired) electrons. The summed E-state index contributed by atoms with van der Waals surface area (Å²) in [4.78, 5) is 3.16. The Morgan fingerprint density at radius 1 is 1.50 bits per heavy atom. The molecule has 0 unspecified atom stereocenters. The number of hydrogen-bond acceptors (Lipinski definition) is 1.